The SMILES string of the molecule is CCNC(=NCC1(N(C)C)CCSC1)N1CCN(C(=O)C(C)C)CC1. The third kappa shape index (κ3) is 5.03. The summed E-state index contributed by atoms with van der Waals surface area (Å²) in [5.41, 5.74) is 0.181. The van der Waals surface area contributed by atoms with Crippen molar-refractivity contribution in [2.45, 2.75) is 32.7 Å². The Morgan fingerprint density at radius 2 is 1.88 bits per heavy atom. The zero-order chi connectivity index (χ0) is 18.4. The first-order chi connectivity index (χ1) is 11.9. The zero-order valence-corrected chi connectivity index (χ0v) is 17.4. The molecule has 0 bridgehead atoms. The molecule has 2 aliphatic rings. The molecule has 1 amide bonds. The standard InChI is InChI=1S/C18H35N5OS/c1-6-19-17(20-13-18(21(4)5)7-12-25-14-18)23-10-8-22(9-11-23)16(24)15(2)3/h15H,6-14H2,1-5H3,(H,19,20). The summed E-state index contributed by atoms with van der Waals surface area (Å²) in [7, 11) is 4.34. The minimum Gasteiger partial charge on any atom is -0.357 e. The van der Waals surface area contributed by atoms with Crippen LogP contribution in [0.15, 0.2) is 4.99 Å². The van der Waals surface area contributed by atoms with E-state index in [9.17, 15) is 4.79 Å². The quantitative estimate of drug-likeness (QED) is 0.583. The molecule has 0 saturated carbocycles. The lowest BCUT2D eigenvalue weighted by atomic mass is 9.98. The number of rotatable bonds is 5. The average Bonchev–Trinajstić information content (AvgIpc) is 3.08. The van der Waals surface area contributed by atoms with Crippen LogP contribution in [0.3, 0.4) is 0 Å². The van der Waals surface area contributed by atoms with Gasteiger partial charge in [0.2, 0.25) is 5.91 Å². The Kier molecular flexibility index (Phi) is 7.43. The van der Waals surface area contributed by atoms with Crippen molar-refractivity contribution in [3.05, 3.63) is 0 Å². The van der Waals surface area contributed by atoms with E-state index in [1.165, 1.54) is 12.2 Å². The summed E-state index contributed by atoms with van der Waals surface area (Å²) in [5.74, 6) is 3.71. The van der Waals surface area contributed by atoms with Crippen LogP contribution < -0.4 is 5.32 Å². The summed E-state index contributed by atoms with van der Waals surface area (Å²) in [5, 5.41) is 3.45. The summed E-state index contributed by atoms with van der Waals surface area (Å²) < 4.78 is 0. The third-order valence-corrected chi connectivity index (χ3v) is 6.51. The molecule has 1 atom stereocenters. The average molecular weight is 370 g/mol. The Morgan fingerprint density at radius 3 is 2.36 bits per heavy atom. The van der Waals surface area contributed by atoms with Crippen LogP contribution in [0.1, 0.15) is 27.2 Å². The molecule has 2 saturated heterocycles. The van der Waals surface area contributed by atoms with Crippen LogP contribution in [0.5, 0.6) is 0 Å². The predicted octanol–water partition coefficient (Wildman–Crippen LogP) is 1.19. The van der Waals surface area contributed by atoms with E-state index in [2.05, 4.69) is 36.1 Å². The maximum atomic E-state index is 12.2. The lowest BCUT2D eigenvalue weighted by Gasteiger charge is -2.38. The number of piperazine rings is 1. The number of nitrogens with zero attached hydrogens (tertiary/aromatic N) is 4. The number of amides is 1. The minimum absolute atomic E-state index is 0.0771. The van der Waals surface area contributed by atoms with E-state index >= 15 is 0 Å². The van der Waals surface area contributed by atoms with Crippen LogP contribution >= 0.6 is 11.8 Å². The van der Waals surface area contributed by atoms with Gasteiger partial charge in [-0.1, -0.05) is 13.8 Å². The number of carbonyl (C=O) groups excluding carboxylic acids is 1. The van der Waals surface area contributed by atoms with Gasteiger partial charge in [-0.25, -0.2) is 0 Å². The van der Waals surface area contributed by atoms with Gasteiger partial charge < -0.3 is 20.0 Å². The maximum absolute atomic E-state index is 12.2. The molecule has 0 aliphatic carbocycles. The molecule has 0 aromatic heterocycles. The summed E-state index contributed by atoms with van der Waals surface area (Å²) in [6.07, 6.45) is 1.20. The van der Waals surface area contributed by atoms with E-state index < -0.39 is 0 Å². The summed E-state index contributed by atoms with van der Waals surface area (Å²) in [6, 6.07) is 0. The molecule has 2 heterocycles. The number of hydrogen-bond acceptors (Lipinski definition) is 4. The summed E-state index contributed by atoms with van der Waals surface area (Å²) >= 11 is 2.03. The van der Waals surface area contributed by atoms with Crippen LogP contribution in [0, 0.1) is 5.92 Å². The smallest absolute Gasteiger partial charge is 0.225 e. The van der Waals surface area contributed by atoms with Gasteiger partial charge in [0.15, 0.2) is 5.96 Å². The van der Waals surface area contributed by atoms with Gasteiger partial charge in [-0.3, -0.25) is 9.79 Å². The van der Waals surface area contributed by atoms with Crippen LogP contribution in [-0.4, -0.2) is 97.0 Å². The number of hydrogen-bond donors (Lipinski definition) is 1. The Morgan fingerprint density at radius 1 is 1.24 bits per heavy atom. The van der Waals surface area contributed by atoms with Gasteiger partial charge >= 0.3 is 0 Å². The molecule has 2 aliphatic heterocycles. The third-order valence-electron chi connectivity index (χ3n) is 5.27. The van der Waals surface area contributed by atoms with Crippen molar-refractivity contribution < 1.29 is 4.79 Å². The molecule has 0 aromatic carbocycles. The van der Waals surface area contributed by atoms with Crippen LogP contribution in [0.25, 0.3) is 0 Å². The van der Waals surface area contributed by atoms with Gasteiger partial charge in [-0.2, -0.15) is 11.8 Å². The van der Waals surface area contributed by atoms with Crippen molar-refractivity contribution >= 4 is 23.6 Å². The number of guanidine groups is 1. The molecule has 0 aromatic rings. The lowest BCUT2D eigenvalue weighted by Crippen LogP contribution is -2.55. The predicted molar refractivity (Wildman–Crippen MR) is 107 cm³/mol. The van der Waals surface area contributed by atoms with Crippen molar-refractivity contribution in [3.63, 3.8) is 0 Å². The van der Waals surface area contributed by atoms with Crippen LogP contribution in [0.2, 0.25) is 0 Å². The topological polar surface area (TPSA) is 51.2 Å². The van der Waals surface area contributed by atoms with E-state index in [1.54, 1.807) is 0 Å². The van der Waals surface area contributed by atoms with Gasteiger partial charge in [-0.05, 0) is 33.2 Å². The highest BCUT2D eigenvalue weighted by molar-refractivity contribution is 7.99. The second-order valence-corrected chi connectivity index (χ2v) is 8.66. The number of aliphatic imine (C=N–C) groups is 1. The van der Waals surface area contributed by atoms with Crippen molar-refractivity contribution in [1.82, 2.24) is 20.0 Å². The Bertz CT molecular complexity index is 466. The van der Waals surface area contributed by atoms with Gasteiger partial charge in [0.1, 0.15) is 0 Å². The van der Waals surface area contributed by atoms with E-state index in [0.29, 0.717) is 0 Å². The fourth-order valence-electron chi connectivity index (χ4n) is 3.37. The highest BCUT2D eigenvalue weighted by Crippen LogP contribution is 2.32. The van der Waals surface area contributed by atoms with E-state index in [1.807, 2.05) is 30.5 Å². The van der Waals surface area contributed by atoms with Crippen molar-refractivity contribution in [2.24, 2.45) is 10.9 Å². The molecule has 0 radical (unpaired) electrons. The van der Waals surface area contributed by atoms with Crippen molar-refractivity contribution in [1.29, 1.82) is 0 Å². The van der Waals surface area contributed by atoms with Crippen molar-refractivity contribution in [2.75, 3.05) is 64.9 Å². The van der Waals surface area contributed by atoms with E-state index in [-0.39, 0.29) is 17.4 Å². The molecule has 25 heavy (non-hydrogen) atoms. The van der Waals surface area contributed by atoms with Crippen molar-refractivity contribution in [3.8, 4) is 0 Å². The van der Waals surface area contributed by atoms with Gasteiger partial charge in [-0.15, -0.1) is 0 Å². The molecule has 144 valence electrons. The van der Waals surface area contributed by atoms with Crippen LogP contribution in [0.4, 0.5) is 0 Å². The first kappa shape index (κ1) is 20.4. The second-order valence-electron chi connectivity index (χ2n) is 7.56. The fraction of sp³-hybridized carbons (Fsp3) is 0.889. The molecule has 0 spiro atoms. The largest absolute Gasteiger partial charge is 0.357 e. The van der Waals surface area contributed by atoms with E-state index in [0.717, 1.165) is 51.0 Å². The maximum Gasteiger partial charge on any atom is 0.225 e. The van der Waals surface area contributed by atoms with Crippen LogP contribution in [-0.2, 0) is 4.79 Å². The molecular weight excluding hydrogens is 334 g/mol. The second kappa shape index (κ2) is 9.12. The fourth-order valence-corrected chi connectivity index (χ4v) is 4.91. The lowest BCUT2D eigenvalue weighted by molar-refractivity contribution is -0.135. The highest BCUT2D eigenvalue weighted by atomic mass is 32.2. The monoisotopic (exact) mass is 369 g/mol. The molecule has 1 unspecified atom stereocenters. The number of carbonyl (C=O) groups is 1. The number of likely N-dealkylation sites (N-methyl/N-ethyl adjacent to an activating group) is 1. The molecule has 1 N–H and O–H groups in total. The van der Waals surface area contributed by atoms with Gasteiger partial charge in [0.25, 0.3) is 0 Å². The first-order valence-corrected chi connectivity index (χ1v) is 10.6. The molecule has 6 nitrogen and oxygen atoms in total. The first-order valence-electron chi connectivity index (χ1n) is 9.47. The molecular formula is C18H35N5OS. The molecule has 2 rings (SSSR count). The normalized spacial score (nSPS) is 25.2. The van der Waals surface area contributed by atoms with Gasteiger partial charge in [0.05, 0.1) is 6.54 Å². The highest BCUT2D eigenvalue weighted by Gasteiger charge is 2.36. The van der Waals surface area contributed by atoms with Gasteiger partial charge in [0, 0.05) is 49.9 Å². The molecule has 7 heteroatoms. The minimum atomic E-state index is 0.0771. The summed E-state index contributed by atoms with van der Waals surface area (Å²) in [6.45, 7) is 11.0. The molecule has 2 fully saturated rings. The summed E-state index contributed by atoms with van der Waals surface area (Å²) in [4.78, 5) is 23.8. The number of thioether (sulfide) groups is 1. The Labute approximate surface area is 157 Å². The number of nitrogens with one attached hydrogen (secondary N) is 1. The Balaban J connectivity index is 2.00. The Hall–Kier alpha value is -0.950. The van der Waals surface area contributed by atoms with E-state index in [4.69, 9.17) is 4.99 Å². The zero-order valence-electron chi connectivity index (χ0n) is 16.5.